The van der Waals surface area contributed by atoms with E-state index in [9.17, 15) is 9.59 Å². The highest BCUT2D eigenvalue weighted by Gasteiger charge is 2.23. The number of nitrogens with zero attached hydrogens (tertiary/aromatic N) is 1. The van der Waals surface area contributed by atoms with E-state index in [0.29, 0.717) is 18.7 Å². The SMILES string of the molecule is C=CCNC(=O)Nc1ccc(C)c(N2CCCC2=O)c1. The van der Waals surface area contributed by atoms with Gasteiger partial charge in [-0.15, -0.1) is 6.58 Å². The van der Waals surface area contributed by atoms with Gasteiger partial charge in [-0.25, -0.2) is 4.79 Å². The van der Waals surface area contributed by atoms with Crippen molar-refractivity contribution >= 4 is 23.3 Å². The molecule has 0 saturated carbocycles. The Morgan fingerprint density at radius 2 is 2.30 bits per heavy atom. The number of aryl methyl sites for hydroxylation is 1. The Bertz CT molecular complexity index is 540. The molecule has 0 radical (unpaired) electrons. The van der Waals surface area contributed by atoms with E-state index in [-0.39, 0.29) is 11.9 Å². The molecule has 1 aliphatic rings. The normalized spacial score (nSPS) is 14.2. The lowest BCUT2D eigenvalue weighted by atomic mass is 10.1. The van der Waals surface area contributed by atoms with Gasteiger partial charge in [0.25, 0.3) is 0 Å². The molecule has 1 fully saturated rings. The van der Waals surface area contributed by atoms with Crippen LogP contribution in [0.25, 0.3) is 0 Å². The van der Waals surface area contributed by atoms with Gasteiger partial charge in [0.2, 0.25) is 5.91 Å². The first-order chi connectivity index (χ1) is 9.61. The van der Waals surface area contributed by atoms with E-state index < -0.39 is 0 Å². The predicted molar refractivity (Wildman–Crippen MR) is 80.0 cm³/mol. The van der Waals surface area contributed by atoms with Gasteiger partial charge < -0.3 is 15.5 Å². The second-order valence-corrected chi connectivity index (χ2v) is 4.77. The lowest BCUT2D eigenvalue weighted by Crippen LogP contribution is -2.29. The van der Waals surface area contributed by atoms with Crippen LogP contribution in [0, 0.1) is 6.92 Å². The zero-order chi connectivity index (χ0) is 14.5. The van der Waals surface area contributed by atoms with Crippen LogP contribution in [0.4, 0.5) is 16.2 Å². The van der Waals surface area contributed by atoms with E-state index in [1.807, 2.05) is 25.1 Å². The summed E-state index contributed by atoms with van der Waals surface area (Å²) in [6.07, 6.45) is 3.09. The fraction of sp³-hybridized carbons (Fsp3) is 0.333. The number of amides is 3. The van der Waals surface area contributed by atoms with Crippen molar-refractivity contribution in [2.45, 2.75) is 19.8 Å². The van der Waals surface area contributed by atoms with E-state index >= 15 is 0 Å². The summed E-state index contributed by atoms with van der Waals surface area (Å²) in [5.41, 5.74) is 2.57. The highest BCUT2D eigenvalue weighted by atomic mass is 16.2. The molecule has 5 heteroatoms. The molecule has 0 atom stereocenters. The smallest absolute Gasteiger partial charge is 0.319 e. The number of nitrogens with one attached hydrogen (secondary N) is 2. The Morgan fingerprint density at radius 1 is 1.50 bits per heavy atom. The fourth-order valence-corrected chi connectivity index (χ4v) is 2.22. The molecule has 0 bridgehead atoms. The Kier molecular flexibility index (Phi) is 4.40. The van der Waals surface area contributed by atoms with Crippen molar-refractivity contribution < 1.29 is 9.59 Å². The maximum atomic E-state index is 11.8. The van der Waals surface area contributed by atoms with Crippen LogP contribution in [0.15, 0.2) is 30.9 Å². The van der Waals surface area contributed by atoms with Crippen LogP contribution in [0.2, 0.25) is 0 Å². The van der Waals surface area contributed by atoms with Crippen molar-refractivity contribution in [3.05, 3.63) is 36.4 Å². The van der Waals surface area contributed by atoms with E-state index in [0.717, 1.165) is 24.2 Å². The Morgan fingerprint density at radius 3 is 2.95 bits per heavy atom. The zero-order valence-electron chi connectivity index (χ0n) is 11.6. The summed E-state index contributed by atoms with van der Waals surface area (Å²) < 4.78 is 0. The van der Waals surface area contributed by atoms with Crippen molar-refractivity contribution in [1.29, 1.82) is 0 Å². The van der Waals surface area contributed by atoms with E-state index in [1.54, 1.807) is 11.0 Å². The molecule has 1 saturated heterocycles. The minimum Gasteiger partial charge on any atom is -0.334 e. The van der Waals surface area contributed by atoms with Crippen LogP contribution in [-0.2, 0) is 4.79 Å². The van der Waals surface area contributed by atoms with Crippen LogP contribution in [0.1, 0.15) is 18.4 Å². The molecule has 0 spiro atoms. The number of benzene rings is 1. The molecule has 2 rings (SSSR count). The van der Waals surface area contributed by atoms with E-state index in [1.165, 1.54) is 0 Å². The van der Waals surface area contributed by atoms with Gasteiger partial charge in [-0.3, -0.25) is 4.79 Å². The van der Waals surface area contributed by atoms with E-state index in [2.05, 4.69) is 17.2 Å². The van der Waals surface area contributed by atoms with Gasteiger partial charge in [0.15, 0.2) is 0 Å². The van der Waals surface area contributed by atoms with Gasteiger partial charge in [0.05, 0.1) is 0 Å². The molecule has 1 aromatic rings. The zero-order valence-corrected chi connectivity index (χ0v) is 11.6. The summed E-state index contributed by atoms with van der Waals surface area (Å²) in [7, 11) is 0. The van der Waals surface area contributed by atoms with Gasteiger partial charge >= 0.3 is 6.03 Å². The number of carbonyl (C=O) groups is 2. The third-order valence-electron chi connectivity index (χ3n) is 3.24. The molecule has 3 amide bonds. The maximum absolute atomic E-state index is 11.8. The average molecular weight is 273 g/mol. The molecule has 1 heterocycles. The first-order valence-corrected chi connectivity index (χ1v) is 6.68. The van der Waals surface area contributed by atoms with Gasteiger partial charge in [0.1, 0.15) is 0 Å². The maximum Gasteiger partial charge on any atom is 0.319 e. The lowest BCUT2D eigenvalue weighted by Gasteiger charge is -2.19. The van der Waals surface area contributed by atoms with Crippen molar-refractivity contribution in [2.75, 3.05) is 23.3 Å². The molecule has 2 N–H and O–H groups in total. The highest BCUT2D eigenvalue weighted by Crippen LogP contribution is 2.28. The largest absolute Gasteiger partial charge is 0.334 e. The first kappa shape index (κ1) is 14.1. The Balaban J connectivity index is 2.14. The number of urea groups is 1. The van der Waals surface area contributed by atoms with Crippen LogP contribution in [-0.4, -0.2) is 25.0 Å². The lowest BCUT2D eigenvalue weighted by molar-refractivity contribution is -0.117. The molecule has 1 aliphatic heterocycles. The summed E-state index contributed by atoms with van der Waals surface area (Å²) in [5.74, 6) is 0.140. The molecular weight excluding hydrogens is 254 g/mol. The van der Waals surface area contributed by atoms with Gasteiger partial charge in [-0.2, -0.15) is 0 Å². The summed E-state index contributed by atoms with van der Waals surface area (Å²) >= 11 is 0. The Labute approximate surface area is 118 Å². The third kappa shape index (κ3) is 3.17. The average Bonchev–Trinajstić information content (AvgIpc) is 2.85. The Hall–Kier alpha value is -2.30. The molecule has 0 aromatic heterocycles. The summed E-state index contributed by atoms with van der Waals surface area (Å²) in [6, 6.07) is 5.29. The summed E-state index contributed by atoms with van der Waals surface area (Å²) in [6.45, 7) is 6.65. The summed E-state index contributed by atoms with van der Waals surface area (Å²) in [5, 5.41) is 5.39. The third-order valence-corrected chi connectivity index (χ3v) is 3.24. The number of hydrogen-bond acceptors (Lipinski definition) is 2. The standard InChI is InChI=1S/C15H19N3O2/c1-3-8-16-15(20)17-12-7-6-11(2)13(10-12)18-9-4-5-14(18)19/h3,6-7,10H,1,4-5,8-9H2,2H3,(H2,16,17,20). The van der Waals surface area contributed by atoms with Crippen LogP contribution >= 0.6 is 0 Å². The molecule has 0 aliphatic carbocycles. The number of anilines is 2. The number of rotatable bonds is 4. The topological polar surface area (TPSA) is 61.4 Å². The van der Waals surface area contributed by atoms with Gasteiger partial charge in [-0.1, -0.05) is 12.1 Å². The van der Waals surface area contributed by atoms with E-state index in [4.69, 9.17) is 0 Å². The molecule has 106 valence electrons. The quantitative estimate of drug-likeness (QED) is 0.828. The second-order valence-electron chi connectivity index (χ2n) is 4.77. The minimum absolute atomic E-state index is 0.140. The van der Waals surface area contributed by atoms with Crippen molar-refractivity contribution in [3.63, 3.8) is 0 Å². The van der Waals surface area contributed by atoms with Crippen LogP contribution < -0.4 is 15.5 Å². The molecule has 1 aromatic carbocycles. The van der Waals surface area contributed by atoms with Crippen LogP contribution in [0.5, 0.6) is 0 Å². The van der Waals surface area contributed by atoms with Crippen LogP contribution in [0.3, 0.4) is 0 Å². The second kappa shape index (κ2) is 6.23. The molecule has 0 unspecified atom stereocenters. The first-order valence-electron chi connectivity index (χ1n) is 6.68. The van der Waals surface area contributed by atoms with Gasteiger partial charge in [0, 0.05) is 30.9 Å². The fourth-order valence-electron chi connectivity index (χ4n) is 2.22. The molecule has 5 nitrogen and oxygen atoms in total. The minimum atomic E-state index is -0.285. The van der Waals surface area contributed by atoms with Gasteiger partial charge in [-0.05, 0) is 31.0 Å². The molecular formula is C15H19N3O2. The predicted octanol–water partition coefficient (Wildman–Crippen LogP) is 2.43. The molecule has 20 heavy (non-hydrogen) atoms. The van der Waals surface area contributed by atoms with Crippen molar-refractivity contribution in [1.82, 2.24) is 5.32 Å². The monoisotopic (exact) mass is 273 g/mol. The van der Waals surface area contributed by atoms with Crippen molar-refractivity contribution in [3.8, 4) is 0 Å². The number of carbonyl (C=O) groups excluding carboxylic acids is 2. The highest BCUT2D eigenvalue weighted by molar-refractivity contribution is 5.97. The van der Waals surface area contributed by atoms with Crippen molar-refractivity contribution in [2.24, 2.45) is 0 Å². The number of hydrogen-bond donors (Lipinski definition) is 2. The summed E-state index contributed by atoms with van der Waals surface area (Å²) in [4.78, 5) is 25.2.